The van der Waals surface area contributed by atoms with Gasteiger partial charge < -0.3 is 9.72 Å². The van der Waals surface area contributed by atoms with Gasteiger partial charge in [0, 0.05) is 18.8 Å². The topological polar surface area (TPSA) is 55.0 Å². The van der Waals surface area contributed by atoms with E-state index in [2.05, 4.69) is 25.9 Å². The minimum absolute atomic E-state index is 0.211. The van der Waals surface area contributed by atoms with Crippen molar-refractivity contribution in [1.82, 2.24) is 9.97 Å². The summed E-state index contributed by atoms with van der Waals surface area (Å²) >= 11 is 3.53. The molecule has 1 aliphatic carbocycles. The molecular formula is C17H13BrN2O2. The second-order valence-corrected chi connectivity index (χ2v) is 6.31. The fraction of sp³-hybridized carbons (Fsp3) is 0.176. The summed E-state index contributed by atoms with van der Waals surface area (Å²) in [5.74, 6) is 2.83. The molecule has 4 rings (SSSR count). The van der Waals surface area contributed by atoms with E-state index in [1.807, 2.05) is 42.5 Å². The molecule has 0 bridgehead atoms. The first-order valence-electron chi connectivity index (χ1n) is 7.13. The molecule has 1 N–H and O–H groups in total. The van der Waals surface area contributed by atoms with Crippen molar-refractivity contribution < 1.29 is 9.53 Å². The van der Waals surface area contributed by atoms with Gasteiger partial charge in [0.2, 0.25) is 0 Å². The van der Waals surface area contributed by atoms with Crippen LogP contribution >= 0.6 is 15.9 Å². The van der Waals surface area contributed by atoms with Crippen LogP contribution in [0, 0.1) is 0 Å². The van der Waals surface area contributed by atoms with Crippen LogP contribution in [0.1, 0.15) is 24.6 Å². The van der Waals surface area contributed by atoms with Crippen molar-refractivity contribution in [2.75, 3.05) is 0 Å². The number of imidazole rings is 1. The number of ketones is 1. The van der Waals surface area contributed by atoms with Crippen molar-refractivity contribution >= 4 is 32.7 Å². The van der Waals surface area contributed by atoms with E-state index in [-0.39, 0.29) is 5.92 Å². The fourth-order valence-corrected chi connectivity index (χ4v) is 3.03. The molecule has 22 heavy (non-hydrogen) atoms. The van der Waals surface area contributed by atoms with E-state index in [0.717, 1.165) is 27.1 Å². The predicted molar refractivity (Wildman–Crippen MR) is 87.3 cm³/mol. The summed E-state index contributed by atoms with van der Waals surface area (Å²) in [4.78, 5) is 19.2. The Balaban J connectivity index is 1.76. The van der Waals surface area contributed by atoms with Gasteiger partial charge in [-0.15, -0.1) is 0 Å². The molecule has 1 aromatic heterocycles. The van der Waals surface area contributed by atoms with Crippen molar-refractivity contribution in [1.29, 1.82) is 0 Å². The van der Waals surface area contributed by atoms with Crippen LogP contribution in [0.3, 0.4) is 0 Å². The third kappa shape index (κ3) is 2.31. The number of nitrogens with one attached hydrogen (secondary N) is 1. The molecule has 0 aliphatic heterocycles. The molecule has 0 radical (unpaired) electrons. The van der Waals surface area contributed by atoms with Crippen LogP contribution in [-0.4, -0.2) is 15.8 Å². The van der Waals surface area contributed by atoms with Crippen molar-refractivity contribution in [3.05, 3.63) is 52.8 Å². The normalized spacial score (nSPS) is 15.0. The van der Waals surface area contributed by atoms with Gasteiger partial charge in [-0.3, -0.25) is 4.79 Å². The van der Waals surface area contributed by atoms with Crippen LogP contribution in [0.4, 0.5) is 0 Å². The molecular weight excluding hydrogens is 344 g/mol. The second kappa shape index (κ2) is 5.25. The van der Waals surface area contributed by atoms with E-state index in [1.54, 1.807) is 0 Å². The monoisotopic (exact) mass is 356 g/mol. The lowest BCUT2D eigenvalue weighted by Crippen LogP contribution is -2.22. The average molecular weight is 357 g/mol. The van der Waals surface area contributed by atoms with Gasteiger partial charge in [0.15, 0.2) is 5.75 Å². The highest BCUT2D eigenvalue weighted by molar-refractivity contribution is 9.10. The highest BCUT2D eigenvalue weighted by Crippen LogP contribution is 2.39. The fourth-order valence-electron chi connectivity index (χ4n) is 2.62. The van der Waals surface area contributed by atoms with E-state index in [4.69, 9.17) is 4.74 Å². The Bertz CT molecular complexity index is 850. The van der Waals surface area contributed by atoms with Gasteiger partial charge in [0.05, 0.1) is 9.99 Å². The molecule has 110 valence electrons. The number of benzene rings is 2. The first kappa shape index (κ1) is 13.5. The predicted octanol–water partition coefficient (Wildman–Crippen LogP) is 4.56. The Morgan fingerprint density at radius 2 is 1.91 bits per heavy atom. The van der Waals surface area contributed by atoms with Crippen LogP contribution in [0.2, 0.25) is 0 Å². The standard InChI is InChI=1S/C17H13BrN2O2/c18-13-6-7-14-15(16(13)22-12-4-2-1-3-5-12)20-17(19-14)10-8-11(21)9-10/h1-7,10H,8-9H2,(H,19,20). The maximum absolute atomic E-state index is 11.2. The number of carbonyl (C=O) groups excluding carboxylic acids is 1. The molecule has 1 fully saturated rings. The van der Waals surface area contributed by atoms with E-state index in [9.17, 15) is 4.79 Å². The zero-order chi connectivity index (χ0) is 15.1. The first-order chi connectivity index (χ1) is 10.7. The highest BCUT2D eigenvalue weighted by Gasteiger charge is 2.30. The number of Topliss-reactive ketones (excluding diaryl/α,β-unsaturated/α-hetero) is 1. The lowest BCUT2D eigenvalue weighted by atomic mass is 9.83. The Morgan fingerprint density at radius 3 is 2.64 bits per heavy atom. The molecule has 4 nitrogen and oxygen atoms in total. The summed E-state index contributed by atoms with van der Waals surface area (Å²) in [6, 6.07) is 13.5. The SMILES string of the molecule is O=C1CC(c2nc3c(Oc4ccccc4)c(Br)ccc3[nH]2)C1. The van der Waals surface area contributed by atoms with Gasteiger partial charge in [0.1, 0.15) is 22.9 Å². The largest absolute Gasteiger partial charge is 0.454 e. The third-order valence-electron chi connectivity index (χ3n) is 3.88. The van der Waals surface area contributed by atoms with E-state index < -0.39 is 0 Å². The van der Waals surface area contributed by atoms with E-state index in [1.165, 1.54) is 0 Å². The number of aromatic amines is 1. The van der Waals surface area contributed by atoms with Crippen LogP contribution in [0.5, 0.6) is 11.5 Å². The Hall–Kier alpha value is -2.14. The van der Waals surface area contributed by atoms with Gasteiger partial charge in [0.25, 0.3) is 0 Å². The van der Waals surface area contributed by atoms with Crippen molar-refractivity contribution in [3.63, 3.8) is 0 Å². The summed E-state index contributed by atoms with van der Waals surface area (Å²) in [5, 5.41) is 0. The summed E-state index contributed by atoms with van der Waals surface area (Å²) in [6.07, 6.45) is 1.16. The van der Waals surface area contributed by atoms with Gasteiger partial charge >= 0.3 is 0 Å². The molecule has 2 aromatic carbocycles. The zero-order valence-corrected chi connectivity index (χ0v) is 13.3. The van der Waals surface area contributed by atoms with Crippen LogP contribution in [0.15, 0.2) is 46.9 Å². The van der Waals surface area contributed by atoms with Crippen molar-refractivity contribution in [2.45, 2.75) is 18.8 Å². The summed E-state index contributed by atoms with van der Waals surface area (Å²) in [5.41, 5.74) is 1.70. The molecule has 5 heteroatoms. The number of halogens is 1. The number of ether oxygens (including phenoxy) is 1. The van der Waals surface area contributed by atoms with Crippen molar-refractivity contribution in [3.8, 4) is 11.5 Å². The van der Waals surface area contributed by atoms with Crippen LogP contribution in [-0.2, 0) is 4.79 Å². The maximum Gasteiger partial charge on any atom is 0.169 e. The summed E-state index contributed by atoms with van der Waals surface area (Å²) < 4.78 is 6.85. The second-order valence-electron chi connectivity index (χ2n) is 5.45. The molecule has 1 aliphatic rings. The van der Waals surface area contributed by atoms with Gasteiger partial charge in [-0.2, -0.15) is 0 Å². The molecule has 3 aromatic rings. The minimum Gasteiger partial charge on any atom is -0.454 e. The Labute approximate surface area is 135 Å². The number of H-pyrrole nitrogens is 1. The van der Waals surface area contributed by atoms with Gasteiger partial charge in [-0.1, -0.05) is 18.2 Å². The lowest BCUT2D eigenvalue weighted by Gasteiger charge is -2.21. The number of carbonyl (C=O) groups is 1. The highest BCUT2D eigenvalue weighted by atomic mass is 79.9. The third-order valence-corrected chi connectivity index (χ3v) is 4.50. The number of nitrogens with zero attached hydrogens (tertiary/aromatic N) is 1. The molecule has 0 unspecified atom stereocenters. The Kier molecular flexibility index (Phi) is 3.22. The zero-order valence-electron chi connectivity index (χ0n) is 11.7. The number of aromatic nitrogens is 2. The van der Waals surface area contributed by atoms with E-state index in [0.29, 0.717) is 24.4 Å². The summed E-state index contributed by atoms with van der Waals surface area (Å²) in [6.45, 7) is 0. The smallest absolute Gasteiger partial charge is 0.169 e. The summed E-state index contributed by atoms with van der Waals surface area (Å²) in [7, 11) is 0. The quantitative estimate of drug-likeness (QED) is 0.747. The molecule has 0 atom stereocenters. The molecule has 0 saturated heterocycles. The number of rotatable bonds is 3. The molecule has 1 saturated carbocycles. The number of para-hydroxylation sites is 1. The van der Waals surface area contributed by atoms with Gasteiger partial charge in [-0.25, -0.2) is 4.98 Å². The first-order valence-corrected chi connectivity index (χ1v) is 7.93. The van der Waals surface area contributed by atoms with E-state index >= 15 is 0 Å². The number of hydrogen-bond acceptors (Lipinski definition) is 3. The number of fused-ring (bicyclic) bond motifs is 1. The molecule has 0 amide bonds. The minimum atomic E-state index is 0.211. The van der Waals surface area contributed by atoms with Crippen LogP contribution < -0.4 is 4.74 Å². The lowest BCUT2D eigenvalue weighted by molar-refractivity contribution is -0.124. The molecule has 1 heterocycles. The Morgan fingerprint density at radius 1 is 1.14 bits per heavy atom. The average Bonchev–Trinajstić information content (AvgIpc) is 2.92. The van der Waals surface area contributed by atoms with Crippen LogP contribution in [0.25, 0.3) is 11.0 Å². The molecule has 0 spiro atoms. The van der Waals surface area contributed by atoms with Gasteiger partial charge in [-0.05, 0) is 40.2 Å². The number of hydrogen-bond donors (Lipinski definition) is 1. The van der Waals surface area contributed by atoms with Crippen molar-refractivity contribution in [2.24, 2.45) is 0 Å². The maximum atomic E-state index is 11.2.